The van der Waals surface area contributed by atoms with E-state index in [1.807, 2.05) is 18.7 Å². The van der Waals surface area contributed by atoms with Crippen molar-refractivity contribution in [3.05, 3.63) is 48.0 Å². The molecule has 0 bridgehead atoms. The van der Waals surface area contributed by atoms with Crippen molar-refractivity contribution in [1.29, 1.82) is 0 Å². The summed E-state index contributed by atoms with van der Waals surface area (Å²) in [5.74, 6) is 0.979. The van der Waals surface area contributed by atoms with Gasteiger partial charge >= 0.3 is 0 Å². The van der Waals surface area contributed by atoms with Crippen molar-refractivity contribution in [2.24, 2.45) is 5.92 Å². The number of rotatable bonds is 6. The molecule has 154 valence electrons. The highest BCUT2D eigenvalue weighted by Crippen LogP contribution is 2.40. The number of nitrogens with zero attached hydrogens (tertiary/aromatic N) is 2. The zero-order valence-electron chi connectivity index (χ0n) is 17.0. The summed E-state index contributed by atoms with van der Waals surface area (Å²) in [6.45, 7) is 4.14. The quantitative estimate of drug-likeness (QED) is 0.724. The smallest absolute Gasteiger partial charge is 0.264 e. The highest BCUT2D eigenvalue weighted by molar-refractivity contribution is 7.92. The first-order valence-electron chi connectivity index (χ1n) is 9.99. The van der Waals surface area contributed by atoms with Crippen molar-refractivity contribution < 1.29 is 17.9 Å². The van der Waals surface area contributed by atoms with Gasteiger partial charge in [0.2, 0.25) is 5.91 Å². The van der Waals surface area contributed by atoms with Crippen molar-refractivity contribution in [3.8, 4) is 5.75 Å². The van der Waals surface area contributed by atoms with E-state index in [0.717, 1.165) is 24.1 Å². The van der Waals surface area contributed by atoms with Crippen molar-refractivity contribution in [2.45, 2.75) is 44.0 Å². The summed E-state index contributed by atoms with van der Waals surface area (Å²) < 4.78 is 33.2. The molecule has 7 heteroatoms. The lowest BCUT2D eigenvalue weighted by atomic mass is 10.1. The number of fused-ring (bicyclic) bond motifs is 1. The molecule has 2 aromatic carbocycles. The Hall–Kier alpha value is -2.54. The monoisotopic (exact) mass is 414 g/mol. The number of carbonyl (C=O) groups is 1. The fourth-order valence-corrected chi connectivity index (χ4v) is 5.52. The summed E-state index contributed by atoms with van der Waals surface area (Å²) in [4.78, 5) is 14.7. The van der Waals surface area contributed by atoms with E-state index in [-0.39, 0.29) is 22.8 Å². The van der Waals surface area contributed by atoms with Crippen LogP contribution in [0, 0.1) is 5.92 Å². The zero-order chi connectivity index (χ0) is 20.8. The van der Waals surface area contributed by atoms with Gasteiger partial charge < -0.3 is 9.64 Å². The number of hydrogen-bond donors (Lipinski definition) is 0. The lowest BCUT2D eigenvalue weighted by Crippen LogP contribution is -2.36. The van der Waals surface area contributed by atoms with Gasteiger partial charge in [0.15, 0.2) is 0 Å². The first-order valence-corrected chi connectivity index (χ1v) is 11.4. The molecule has 1 amide bonds. The molecular formula is C22H26N2O4S. The largest absolute Gasteiger partial charge is 0.497 e. The third-order valence-corrected chi connectivity index (χ3v) is 7.57. The molecule has 29 heavy (non-hydrogen) atoms. The standard InChI is InChI=1S/C22H26N2O4S/c1-4-23(18-7-9-19(28-3)10-8-18)29(26,27)20-11-12-21-17(14-20)13-15(2)24(21)22(25)16-5-6-16/h7-12,14-16H,4-6,13H2,1-3H3/t15-/m0/s1. The van der Waals surface area contributed by atoms with E-state index in [2.05, 4.69) is 0 Å². The van der Waals surface area contributed by atoms with Gasteiger partial charge in [0.1, 0.15) is 5.75 Å². The molecule has 0 N–H and O–H groups in total. The lowest BCUT2D eigenvalue weighted by molar-refractivity contribution is -0.120. The molecule has 4 rings (SSSR count). The fourth-order valence-electron chi connectivity index (χ4n) is 4.00. The number of sulfonamides is 1. The number of carbonyl (C=O) groups excluding carboxylic acids is 1. The van der Waals surface area contributed by atoms with Crippen LogP contribution in [-0.4, -0.2) is 34.0 Å². The maximum absolute atomic E-state index is 13.3. The second-order valence-electron chi connectivity index (χ2n) is 7.69. The Morgan fingerprint density at radius 3 is 2.45 bits per heavy atom. The molecule has 0 unspecified atom stereocenters. The van der Waals surface area contributed by atoms with Crippen molar-refractivity contribution in [2.75, 3.05) is 22.9 Å². The molecule has 0 spiro atoms. The Kier molecular flexibility index (Phi) is 5.02. The topological polar surface area (TPSA) is 66.9 Å². The lowest BCUT2D eigenvalue weighted by Gasteiger charge is -2.24. The first-order chi connectivity index (χ1) is 13.9. The predicted molar refractivity (Wildman–Crippen MR) is 113 cm³/mol. The molecule has 0 aromatic heterocycles. The molecule has 1 atom stereocenters. The van der Waals surface area contributed by atoms with Gasteiger partial charge in [-0.3, -0.25) is 9.10 Å². The Labute approximate surface area is 172 Å². The summed E-state index contributed by atoms with van der Waals surface area (Å²) in [7, 11) is -2.14. The van der Waals surface area contributed by atoms with Crippen LogP contribution in [0.2, 0.25) is 0 Å². The van der Waals surface area contributed by atoms with Crippen molar-refractivity contribution in [1.82, 2.24) is 0 Å². The summed E-state index contributed by atoms with van der Waals surface area (Å²) in [6, 6.07) is 12.2. The van der Waals surface area contributed by atoms with Crippen LogP contribution in [0.25, 0.3) is 0 Å². The van der Waals surface area contributed by atoms with Gasteiger partial charge in [0.05, 0.1) is 17.7 Å². The average Bonchev–Trinajstić information content (AvgIpc) is 3.50. The normalized spacial score (nSPS) is 18.4. The van der Waals surface area contributed by atoms with Crippen LogP contribution in [0.3, 0.4) is 0 Å². The van der Waals surface area contributed by atoms with E-state index >= 15 is 0 Å². The minimum atomic E-state index is -3.72. The maximum atomic E-state index is 13.3. The number of benzene rings is 2. The van der Waals surface area contributed by atoms with Gasteiger partial charge in [-0.05, 0) is 81.1 Å². The SMILES string of the molecule is CCN(c1ccc(OC)cc1)S(=O)(=O)c1ccc2c(c1)C[C@H](C)N2C(=O)C1CC1. The average molecular weight is 415 g/mol. The molecule has 1 heterocycles. The van der Waals surface area contributed by atoms with Crippen LogP contribution in [0.15, 0.2) is 47.4 Å². The van der Waals surface area contributed by atoms with Crippen LogP contribution in [0.4, 0.5) is 11.4 Å². The van der Waals surface area contributed by atoms with Crippen LogP contribution < -0.4 is 13.9 Å². The van der Waals surface area contributed by atoms with Gasteiger partial charge in [0.25, 0.3) is 10.0 Å². The van der Waals surface area contributed by atoms with Crippen LogP contribution in [-0.2, 0) is 21.2 Å². The molecule has 1 fully saturated rings. The van der Waals surface area contributed by atoms with E-state index in [0.29, 0.717) is 24.4 Å². The van der Waals surface area contributed by atoms with Gasteiger partial charge in [-0.25, -0.2) is 8.42 Å². The number of anilines is 2. The van der Waals surface area contributed by atoms with Crippen molar-refractivity contribution in [3.63, 3.8) is 0 Å². The first kappa shape index (κ1) is 19.8. The van der Waals surface area contributed by atoms with E-state index in [1.54, 1.807) is 49.6 Å². The number of ether oxygens (including phenoxy) is 1. The van der Waals surface area contributed by atoms with Crippen LogP contribution in [0.5, 0.6) is 5.75 Å². The Bertz CT molecular complexity index is 1030. The minimum Gasteiger partial charge on any atom is -0.497 e. The fraction of sp³-hybridized carbons (Fsp3) is 0.409. The van der Waals surface area contributed by atoms with Gasteiger partial charge in [-0.2, -0.15) is 0 Å². The molecular weight excluding hydrogens is 388 g/mol. The number of amides is 1. The summed E-state index contributed by atoms with van der Waals surface area (Å²) in [6.07, 6.45) is 2.58. The van der Waals surface area contributed by atoms with E-state index in [4.69, 9.17) is 4.74 Å². The van der Waals surface area contributed by atoms with E-state index in [1.165, 1.54) is 4.31 Å². The molecule has 1 aliphatic heterocycles. The van der Waals surface area contributed by atoms with Gasteiger partial charge in [-0.1, -0.05) is 0 Å². The van der Waals surface area contributed by atoms with Gasteiger partial charge in [0, 0.05) is 24.2 Å². The minimum absolute atomic E-state index is 0.0555. The van der Waals surface area contributed by atoms with Crippen molar-refractivity contribution >= 4 is 27.3 Å². The Morgan fingerprint density at radius 2 is 1.86 bits per heavy atom. The highest BCUT2D eigenvalue weighted by atomic mass is 32.2. The third-order valence-electron chi connectivity index (χ3n) is 5.67. The Balaban J connectivity index is 1.66. The van der Waals surface area contributed by atoms with Gasteiger partial charge in [-0.15, -0.1) is 0 Å². The summed E-state index contributed by atoms with van der Waals surface area (Å²) >= 11 is 0. The molecule has 2 aromatic rings. The van der Waals surface area contributed by atoms with Crippen LogP contribution >= 0.6 is 0 Å². The van der Waals surface area contributed by atoms with E-state index in [9.17, 15) is 13.2 Å². The number of methoxy groups -OCH3 is 1. The summed E-state index contributed by atoms with van der Waals surface area (Å²) in [5.41, 5.74) is 2.35. The highest BCUT2D eigenvalue weighted by Gasteiger charge is 2.40. The zero-order valence-corrected chi connectivity index (χ0v) is 17.8. The maximum Gasteiger partial charge on any atom is 0.264 e. The second kappa shape index (κ2) is 7.37. The van der Waals surface area contributed by atoms with Crippen LogP contribution in [0.1, 0.15) is 32.3 Å². The molecule has 2 aliphatic rings. The molecule has 1 aliphatic carbocycles. The second-order valence-corrected chi connectivity index (χ2v) is 9.56. The number of hydrogen-bond acceptors (Lipinski definition) is 4. The van der Waals surface area contributed by atoms with E-state index < -0.39 is 10.0 Å². The Morgan fingerprint density at radius 1 is 1.17 bits per heavy atom. The molecule has 0 radical (unpaired) electrons. The molecule has 1 saturated carbocycles. The molecule has 6 nitrogen and oxygen atoms in total. The predicted octanol–water partition coefficient (Wildman–Crippen LogP) is 3.60. The summed E-state index contributed by atoms with van der Waals surface area (Å²) in [5, 5.41) is 0. The molecule has 0 saturated heterocycles. The third kappa shape index (κ3) is 3.48.